The molecule has 0 aliphatic rings. The van der Waals surface area contributed by atoms with Gasteiger partial charge in [0.1, 0.15) is 0 Å². The van der Waals surface area contributed by atoms with Crippen LogP contribution in [0.1, 0.15) is 77.6 Å². The molecule has 0 spiro atoms. The Hall–Kier alpha value is -0.570. The molecule has 0 aromatic carbocycles. The maximum Gasteiger partial charge on any atom is 0.364 e. The van der Waals surface area contributed by atoms with Gasteiger partial charge in [-0.2, -0.15) is 0 Å². The molecular formula is C16H35NO2. The van der Waals surface area contributed by atoms with E-state index in [0.717, 1.165) is 12.8 Å². The Morgan fingerprint density at radius 2 is 1.37 bits per heavy atom. The van der Waals surface area contributed by atoms with Crippen LogP contribution in [0.15, 0.2) is 0 Å². The van der Waals surface area contributed by atoms with Gasteiger partial charge >= 0.3 is 5.97 Å². The number of unbranched alkanes of at least 4 members (excludes halogenated alkanes) is 9. The summed E-state index contributed by atoms with van der Waals surface area (Å²) in [5.74, 6) is -0.175. The lowest BCUT2D eigenvalue weighted by Crippen LogP contribution is -2.65. The normalized spacial score (nSPS) is 11.7. The molecule has 0 amide bonds. The van der Waals surface area contributed by atoms with E-state index in [9.17, 15) is 4.79 Å². The Labute approximate surface area is 120 Å². The first kappa shape index (κ1) is 20.7. The van der Waals surface area contributed by atoms with Crippen LogP contribution in [-0.4, -0.2) is 19.1 Å². The van der Waals surface area contributed by atoms with Crippen molar-refractivity contribution in [3.63, 3.8) is 0 Å². The molecule has 0 aromatic rings. The molecular weight excluding hydrogens is 238 g/mol. The Kier molecular flexibility index (Phi) is 16.9. The van der Waals surface area contributed by atoms with Crippen LogP contribution in [0.3, 0.4) is 0 Å². The number of methoxy groups -OCH3 is 1. The Morgan fingerprint density at radius 3 is 1.79 bits per heavy atom. The van der Waals surface area contributed by atoms with Crippen molar-refractivity contribution in [1.29, 1.82) is 0 Å². The van der Waals surface area contributed by atoms with E-state index in [1.807, 2.05) is 0 Å². The van der Waals surface area contributed by atoms with Gasteiger partial charge in [-0.05, 0) is 6.42 Å². The number of carbonyl (C=O) groups excluding carboxylic acids is 1. The summed E-state index contributed by atoms with van der Waals surface area (Å²) in [4.78, 5) is 11.1. The summed E-state index contributed by atoms with van der Waals surface area (Å²) in [6, 6.07) is -0.177. The van der Waals surface area contributed by atoms with Crippen LogP contribution >= 0.6 is 0 Å². The fraction of sp³-hybridized carbons (Fsp3) is 0.875. The van der Waals surface area contributed by atoms with Gasteiger partial charge in [0, 0.05) is 6.42 Å². The van der Waals surface area contributed by atoms with Crippen molar-refractivity contribution in [2.24, 2.45) is 0 Å². The molecule has 3 heteroatoms. The van der Waals surface area contributed by atoms with E-state index in [0.29, 0.717) is 0 Å². The minimum absolute atomic E-state index is 0. The van der Waals surface area contributed by atoms with E-state index in [4.69, 9.17) is 0 Å². The minimum atomic E-state index is -0.177. The lowest BCUT2D eigenvalue weighted by molar-refractivity contribution is -0.409. The maximum atomic E-state index is 11.1. The quantitative estimate of drug-likeness (QED) is 0.336. The zero-order valence-corrected chi connectivity index (χ0v) is 13.4. The third kappa shape index (κ3) is 13.7. The first-order chi connectivity index (χ1) is 8.72. The van der Waals surface area contributed by atoms with Gasteiger partial charge in [-0.15, -0.1) is 0 Å². The van der Waals surface area contributed by atoms with Crippen LogP contribution in [-0.2, 0) is 9.53 Å². The van der Waals surface area contributed by atoms with Gasteiger partial charge in [0.2, 0.25) is 0 Å². The smallest absolute Gasteiger partial charge is 0.364 e. The predicted molar refractivity (Wildman–Crippen MR) is 81.6 cm³/mol. The molecule has 0 heterocycles. The van der Waals surface area contributed by atoms with Crippen molar-refractivity contribution in [1.82, 2.24) is 0 Å². The topological polar surface area (TPSA) is 53.9 Å². The molecule has 0 fully saturated rings. The van der Waals surface area contributed by atoms with Crippen molar-refractivity contribution in [3.8, 4) is 0 Å². The third-order valence-corrected chi connectivity index (χ3v) is 3.44. The second-order valence-corrected chi connectivity index (χ2v) is 5.19. The molecule has 0 aliphatic carbocycles. The summed E-state index contributed by atoms with van der Waals surface area (Å²) >= 11 is 0. The average molecular weight is 273 g/mol. The van der Waals surface area contributed by atoms with Crippen molar-refractivity contribution in [3.05, 3.63) is 7.43 Å². The molecule has 1 unspecified atom stereocenters. The van der Waals surface area contributed by atoms with Crippen LogP contribution in [0, 0.1) is 7.43 Å². The Morgan fingerprint density at radius 1 is 0.947 bits per heavy atom. The molecule has 1 atom stereocenters. The molecule has 3 nitrogen and oxygen atoms in total. The van der Waals surface area contributed by atoms with Gasteiger partial charge in [-0.3, -0.25) is 0 Å². The number of ether oxygens (including phenoxy) is 1. The summed E-state index contributed by atoms with van der Waals surface area (Å²) in [5.41, 5.74) is 3.81. The van der Waals surface area contributed by atoms with E-state index in [1.165, 1.54) is 64.9 Å². The SMILES string of the molecule is CCCCCCCCCCCCC([NH3+])C(=O)OC.[CH3-]. The summed E-state index contributed by atoms with van der Waals surface area (Å²) in [6.45, 7) is 2.25. The Bertz CT molecular complexity index is 195. The van der Waals surface area contributed by atoms with E-state index in [1.54, 1.807) is 0 Å². The molecule has 0 bridgehead atoms. The van der Waals surface area contributed by atoms with Gasteiger partial charge in [0.05, 0.1) is 7.11 Å². The molecule has 0 aliphatic heterocycles. The zero-order valence-electron chi connectivity index (χ0n) is 13.4. The molecule has 0 saturated carbocycles. The van der Waals surface area contributed by atoms with E-state index in [-0.39, 0.29) is 19.4 Å². The molecule has 0 aromatic heterocycles. The van der Waals surface area contributed by atoms with Crippen molar-refractivity contribution in [2.75, 3.05) is 7.11 Å². The van der Waals surface area contributed by atoms with Crippen LogP contribution in [0.4, 0.5) is 0 Å². The molecule has 0 radical (unpaired) electrons. The molecule has 3 N–H and O–H groups in total. The minimum Gasteiger partial charge on any atom is -0.465 e. The molecule has 19 heavy (non-hydrogen) atoms. The van der Waals surface area contributed by atoms with Crippen LogP contribution in [0.2, 0.25) is 0 Å². The number of hydrogen-bond acceptors (Lipinski definition) is 2. The molecule has 0 saturated heterocycles. The number of esters is 1. The summed E-state index contributed by atoms with van der Waals surface area (Å²) in [7, 11) is 1.43. The van der Waals surface area contributed by atoms with Gasteiger partial charge in [0.25, 0.3) is 0 Å². The summed E-state index contributed by atoms with van der Waals surface area (Å²) in [5, 5.41) is 0. The zero-order chi connectivity index (χ0) is 13.6. The summed E-state index contributed by atoms with van der Waals surface area (Å²) in [6.07, 6.45) is 14.1. The maximum absolute atomic E-state index is 11.1. The highest BCUT2D eigenvalue weighted by molar-refractivity contribution is 5.73. The standard InChI is InChI=1S/C15H31NO2.CH3/c1-3-4-5-6-7-8-9-10-11-12-13-14(16)15(17)18-2;/h14H,3-13,16H2,1-2H3;1H3/q;-1/p+1. The van der Waals surface area contributed by atoms with Crippen LogP contribution in [0.25, 0.3) is 0 Å². The number of rotatable bonds is 12. The van der Waals surface area contributed by atoms with Crippen molar-refractivity contribution >= 4 is 5.97 Å². The first-order valence-corrected chi connectivity index (χ1v) is 7.63. The fourth-order valence-corrected chi connectivity index (χ4v) is 2.16. The van der Waals surface area contributed by atoms with Crippen molar-refractivity contribution in [2.45, 2.75) is 83.6 Å². The van der Waals surface area contributed by atoms with Crippen molar-refractivity contribution < 1.29 is 15.3 Å². The lowest BCUT2D eigenvalue weighted by atomic mass is 10.0. The molecule has 116 valence electrons. The third-order valence-electron chi connectivity index (χ3n) is 3.44. The fourth-order valence-electron chi connectivity index (χ4n) is 2.16. The van der Waals surface area contributed by atoms with Gasteiger partial charge in [-0.1, -0.05) is 64.7 Å². The Balaban J connectivity index is 0. The summed E-state index contributed by atoms with van der Waals surface area (Å²) < 4.78 is 4.65. The number of quaternary nitrogens is 1. The van der Waals surface area contributed by atoms with Crippen LogP contribution in [0.5, 0.6) is 0 Å². The highest BCUT2D eigenvalue weighted by Gasteiger charge is 2.16. The average Bonchev–Trinajstić information content (AvgIpc) is 2.39. The van der Waals surface area contributed by atoms with Gasteiger partial charge in [-0.25, -0.2) is 4.79 Å². The predicted octanol–water partition coefficient (Wildman–Crippen LogP) is 3.53. The van der Waals surface area contributed by atoms with E-state index in [2.05, 4.69) is 17.4 Å². The highest BCUT2D eigenvalue weighted by Crippen LogP contribution is 2.11. The molecule has 0 rings (SSSR count). The van der Waals surface area contributed by atoms with Crippen LogP contribution < -0.4 is 5.73 Å². The van der Waals surface area contributed by atoms with E-state index >= 15 is 0 Å². The first-order valence-electron chi connectivity index (χ1n) is 7.63. The highest BCUT2D eigenvalue weighted by atomic mass is 16.5. The van der Waals surface area contributed by atoms with E-state index < -0.39 is 0 Å². The van der Waals surface area contributed by atoms with Gasteiger partial charge < -0.3 is 17.9 Å². The monoisotopic (exact) mass is 273 g/mol. The largest absolute Gasteiger partial charge is 0.465 e. The number of carbonyl (C=O) groups is 1. The lowest BCUT2D eigenvalue weighted by Gasteiger charge is -2.06. The van der Waals surface area contributed by atoms with Gasteiger partial charge in [0.15, 0.2) is 6.04 Å². The second-order valence-electron chi connectivity index (χ2n) is 5.19. The second kappa shape index (κ2) is 15.5. The number of hydrogen-bond donors (Lipinski definition) is 1.